The smallest absolute Gasteiger partial charge is 0.406 e. The number of ether oxygens (including phenoxy) is 3. The van der Waals surface area contributed by atoms with Gasteiger partial charge in [-0.25, -0.2) is 0 Å². The molecule has 0 bridgehead atoms. The summed E-state index contributed by atoms with van der Waals surface area (Å²) in [6.07, 6.45) is -4.74. The summed E-state index contributed by atoms with van der Waals surface area (Å²) in [4.78, 5) is 11.5. The molecule has 0 heterocycles. The van der Waals surface area contributed by atoms with Crippen LogP contribution in [0, 0.1) is 0 Å². The lowest BCUT2D eigenvalue weighted by Gasteiger charge is -2.10. The highest BCUT2D eigenvalue weighted by Crippen LogP contribution is 2.23. The van der Waals surface area contributed by atoms with Crippen molar-refractivity contribution in [2.75, 3.05) is 31.7 Å². The molecular formula is C13H16F3NO4. The monoisotopic (exact) mass is 307 g/mol. The summed E-state index contributed by atoms with van der Waals surface area (Å²) >= 11 is 0. The van der Waals surface area contributed by atoms with Crippen LogP contribution in [0.1, 0.15) is 6.92 Å². The van der Waals surface area contributed by atoms with Crippen molar-refractivity contribution in [1.29, 1.82) is 0 Å². The van der Waals surface area contributed by atoms with Crippen molar-refractivity contribution in [2.24, 2.45) is 0 Å². The third kappa shape index (κ3) is 8.16. The van der Waals surface area contributed by atoms with Gasteiger partial charge in [-0.05, 0) is 31.2 Å². The Hall–Kier alpha value is -1.80. The molecule has 0 aliphatic heterocycles. The Balaban J connectivity index is 2.33. The van der Waals surface area contributed by atoms with Gasteiger partial charge in [-0.15, -0.1) is 13.2 Å². The summed E-state index contributed by atoms with van der Waals surface area (Å²) in [5.74, 6) is -0.760. The lowest BCUT2D eigenvalue weighted by Crippen LogP contribution is -2.20. The van der Waals surface area contributed by atoms with E-state index in [0.717, 1.165) is 12.1 Å². The Bertz CT molecular complexity index is 434. The summed E-state index contributed by atoms with van der Waals surface area (Å²) in [6.45, 7) is 2.95. The molecule has 118 valence electrons. The van der Waals surface area contributed by atoms with E-state index < -0.39 is 12.3 Å². The molecule has 0 saturated heterocycles. The molecule has 0 unspecified atom stereocenters. The van der Waals surface area contributed by atoms with Crippen LogP contribution in [0.2, 0.25) is 0 Å². The topological polar surface area (TPSA) is 56.8 Å². The minimum Gasteiger partial charge on any atom is -0.406 e. The molecule has 0 fully saturated rings. The Morgan fingerprint density at radius 2 is 1.76 bits per heavy atom. The largest absolute Gasteiger partial charge is 0.573 e. The Labute approximate surface area is 120 Å². The standard InChI is InChI=1S/C13H16F3NO4/c1-2-19-7-8-20-9-12(18)17-10-3-5-11(6-4-10)21-13(14,15)16/h3-6H,2,7-9H2,1H3,(H,17,18). The van der Waals surface area contributed by atoms with E-state index in [-0.39, 0.29) is 12.4 Å². The zero-order valence-electron chi connectivity index (χ0n) is 11.4. The maximum absolute atomic E-state index is 12.0. The van der Waals surface area contributed by atoms with E-state index in [4.69, 9.17) is 9.47 Å². The fraction of sp³-hybridized carbons (Fsp3) is 0.462. The van der Waals surface area contributed by atoms with E-state index in [2.05, 4.69) is 10.1 Å². The van der Waals surface area contributed by atoms with Crippen LogP contribution in [0.25, 0.3) is 0 Å². The summed E-state index contributed by atoms with van der Waals surface area (Å²) in [6, 6.07) is 4.83. The fourth-order valence-corrected chi connectivity index (χ4v) is 1.36. The number of halogens is 3. The molecule has 0 atom stereocenters. The maximum atomic E-state index is 12.0. The number of rotatable bonds is 8. The predicted octanol–water partition coefficient (Wildman–Crippen LogP) is 2.58. The number of anilines is 1. The van der Waals surface area contributed by atoms with Crippen molar-refractivity contribution in [1.82, 2.24) is 0 Å². The molecule has 5 nitrogen and oxygen atoms in total. The van der Waals surface area contributed by atoms with Crippen molar-refractivity contribution in [2.45, 2.75) is 13.3 Å². The van der Waals surface area contributed by atoms with Crippen molar-refractivity contribution in [3.63, 3.8) is 0 Å². The highest BCUT2D eigenvalue weighted by Gasteiger charge is 2.30. The molecule has 0 aromatic heterocycles. The van der Waals surface area contributed by atoms with Gasteiger partial charge in [-0.2, -0.15) is 0 Å². The molecule has 1 amide bonds. The Morgan fingerprint density at radius 1 is 1.14 bits per heavy atom. The van der Waals surface area contributed by atoms with Crippen LogP contribution in [0.15, 0.2) is 24.3 Å². The minimum atomic E-state index is -4.74. The van der Waals surface area contributed by atoms with Crippen LogP contribution >= 0.6 is 0 Å². The van der Waals surface area contributed by atoms with Crippen molar-refractivity contribution < 1.29 is 32.2 Å². The number of carbonyl (C=O) groups excluding carboxylic acids is 1. The average Bonchev–Trinajstić information content (AvgIpc) is 2.39. The molecule has 1 aromatic rings. The number of alkyl halides is 3. The Kier molecular flexibility index (Phi) is 6.97. The van der Waals surface area contributed by atoms with Gasteiger partial charge in [0.25, 0.3) is 0 Å². The van der Waals surface area contributed by atoms with Crippen molar-refractivity contribution in [3.8, 4) is 5.75 Å². The van der Waals surface area contributed by atoms with Crippen LogP contribution in [0.4, 0.5) is 18.9 Å². The third-order valence-electron chi connectivity index (χ3n) is 2.18. The SMILES string of the molecule is CCOCCOCC(=O)Nc1ccc(OC(F)(F)F)cc1. The third-order valence-corrected chi connectivity index (χ3v) is 2.18. The highest BCUT2D eigenvalue weighted by molar-refractivity contribution is 5.91. The molecule has 0 saturated carbocycles. The van der Waals surface area contributed by atoms with E-state index in [0.29, 0.717) is 25.5 Å². The normalized spacial score (nSPS) is 11.2. The molecule has 0 radical (unpaired) electrons. The van der Waals surface area contributed by atoms with Crippen LogP contribution in [0.5, 0.6) is 5.75 Å². The summed E-state index contributed by atoms with van der Waals surface area (Å²) in [5, 5.41) is 2.48. The zero-order valence-corrected chi connectivity index (χ0v) is 11.4. The molecule has 21 heavy (non-hydrogen) atoms. The summed E-state index contributed by atoms with van der Waals surface area (Å²) in [7, 11) is 0. The van der Waals surface area contributed by atoms with Crippen molar-refractivity contribution in [3.05, 3.63) is 24.3 Å². The summed E-state index contributed by atoms with van der Waals surface area (Å²) < 4.78 is 49.7. The first-order chi connectivity index (χ1) is 9.90. The second-order valence-corrected chi connectivity index (χ2v) is 3.87. The molecular weight excluding hydrogens is 291 g/mol. The molecule has 1 N–H and O–H groups in total. The molecule has 0 aliphatic rings. The number of nitrogens with one attached hydrogen (secondary N) is 1. The van der Waals surface area contributed by atoms with E-state index in [1.807, 2.05) is 6.92 Å². The van der Waals surface area contributed by atoms with E-state index in [1.54, 1.807) is 0 Å². The van der Waals surface area contributed by atoms with Gasteiger partial charge in [-0.1, -0.05) is 0 Å². The lowest BCUT2D eigenvalue weighted by atomic mass is 10.3. The van der Waals surface area contributed by atoms with Gasteiger partial charge in [0.05, 0.1) is 13.2 Å². The quantitative estimate of drug-likeness (QED) is 0.750. The van der Waals surface area contributed by atoms with Gasteiger partial charge < -0.3 is 19.5 Å². The van der Waals surface area contributed by atoms with Gasteiger partial charge in [0, 0.05) is 12.3 Å². The van der Waals surface area contributed by atoms with E-state index >= 15 is 0 Å². The number of benzene rings is 1. The summed E-state index contributed by atoms with van der Waals surface area (Å²) in [5.41, 5.74) is 0.350. The number of hydrogen-bond donors (Lipinski definition) is 1. The fourth-order valence-electron chi connectivity index (χ4n) is 1.36. The molecule has 8 heteroatoms. The highest BCUT2D eigenvalue weighted by atomic mass is 19.4. The second kappa shape index (κ2) is 8.48. The molecule has 0 spiro atoms. The minimum absolute atomic E-state index is 0.159. The molecule has 0 aliphatic carbocycles. The molecule has 1 rings (SSSR count). The average molecular weight is 307 g/mol. The van der Waals surface area contributed by atoms with Crippen LogP contribution in [0.3, 0.4) is 0 Å². The van der Waals surface area contributed by atoms with Gasteiger partial charge >= 0.3 is 6.36 Å². The van der Waals surface area contributed by atoms with Gasteiger partial charge in [0.1, 0.15) is 12.4 Å². The predicted molar refractivity (Wildman–Crippen MR) is 69.1 cm³/mol. The van der Waals surface area contributed by atoms with Gasteiger partial charge in [-0.3, -0.25) is 4.79 Å². The number of hydrogen-bond acceptors (Lipinski definition) is 4. The van der Waals surface area contributed by atoms with Gasteiger partial charge in [0.15, 0.2) is 0 Å². The van der Waals surface area contributed by atoms with Crippen LogP contribution in [-0.2, 0) is 14.3 Å². The van der Waals surface area contributed by atoms with Crippen LogP contribution in [-0.4, -0.2) is 38.7 Å². The maximum Gasteiger partial charge on any atom is 0.573 e. The van der Waals surface area contributed by atoms with Crippen molar-refractivity contribution >= 4 is 11.6 Å². The zero-order chi connectivity index (χ0) is 15.7. The van der Waals surface area contributed by atoms with E-state index in [1.165, 1.54) is 12.1 Å². The first-order valence-corrected chi connectivity index (χ1v) is 6.22. The Morgan fingerprint density at radius 3 is 2.33 bits per heavy atom. The van der Waals surface area contributed by atoms with Crippen LogP contribution < -0.4 is 10.1 Å². The number of carbonyl (C=O) groups is 1. The first-order valence-electron chi connectivity index (χ1n) is 6.22. The van der Waals surface area contributed by atoms with Gasteiger partial charge in [0.2, 0.25) is 5.91 Å². The lowest BCUT2D eigenvalue weighted by molar-refractivity contribution is -0.274. The molecule has 1 aromatic carbocycles. The number of amides is 1. The second-order valence-electron chi connectivity index (χ2n) is 3.87. The van der Waals surface area contributed by atoms with E-state index in [9.17, 15) is 18.0 Å². The first kappa shape index (κ1) is 17.3.